The van der Waals surface area contributed by atoms with E-state index in [0.29, 0.717) is 18.3 Å². The molecule has 0 fully saturated rings. The summed E-state index contributed by atoms with van der Waals surface area (Å²) in [6.45, 7) is 1.30. The molecule has 0 atom stereocenters. The van der Waals surface area contributed by atoms with Crippen LogP contribution < -0.4 is 10.6 Å². The topological polar surface area (TPSA) is 46.2 Å². The van der Waals surface area contributed by atoms with Crippen LogP contribution >= 0.6 is 12.2 Å². The van der Waals surface area contributed by atoms with Crippen LogP contribution in [0.5, 0.6) is 0 Å². The fraction of sp³-hybridized carbons (Fsp3) is 0.176. The van der Waals surface area contributed by atoms with E-state index in [4.69, 9.17) is 17.0 Å². The average molecular weight is 313 g/mol. The number of nitrogens with zero attached hydrogens (tertiary/aromatic N) is 1. The van der Waals surface area contributed by atoms with Crippen molar-refractivity contribution in [2.24, 2.45) is 0 Å². The number of hydrogen-bond donors (Lipinski definition) is 2. The van der Waals surface area contributed by atoms with Crippen molar-refractivity contribution in [3.8, 4) is 0 Å². The second-order valence-corrected chi connectivity index (χ2v) is 5.00. The van der Waals surface area contributed by atoms with E-state index in [0.717, 1.165) is 16.9 Å². The van der Waals surface area contributed by atoms with Gasteiger partial charge in [0, 0.05) is 25.5 Å². The van der Waals surface area contributed by atoms with Crippen molar-refractivity contribution in [1.29, 1.82) is 0 Å². The number of ether oxygens (including phenoxy) is 1. The third-order valence-corrected chi connectivity index (χ3v) is 3.12. The smallest absolute Gasteiger partial charge is 0.170 e. The Bertz CT molecular complexity index is 629. The minimum atomic E-state index is 0.586. The first-order chi connectivity index (χ1) is 10.8. The summed E-state index contributed by atoms with van der Waals surface area (Å²) >= 11 is 5.23. The van der Waals surface area contributed by atoms with Gasteiger partial charge in [0.25, 0.3) is 0 Å². The molecule has 0 saturated heterocycles. The third kappa shape index (κ3) is 5.63. The molecule has 2 aromatic rings. The zero-order chi connectivity index (χ0) is 15.6. The van der Waals surface area contributed by atoms with Gasteiger partial charge in [-0.05, 0) is 48.1 Å². The lowest BCUT2D eigenvalue weighted by molar-refractivity contribution is 0.204. The molecule has 1 aromatic carbocycles. The van der Waals surface area contributed by atoms with E-state index < -0.39 is 0 Å². The van der Waals surface area contributed by atoms with E-state index >= 15 is 0 Å². The Labute approximate surface area is 136 Å². The number of anilines is 1. The summed E-state index contributed by atoms with van der Waals surface area (Å²) in [5.41, 5.74) is 2.95. The summed E-state index contributed by atoms with van der Waals surface area (Å²) in [4.78, 5) is 4.26. The number of benzene rings is 1. The van der Waals surface area contributed by atoms with Crippen molar-refractivity contribution in [1.82, 2.24) is 10.3 Å². The Hall–Kier alpha value is -2.24. The molecule has 0 amide bonds. The van der Waals surface area contributed by atoms with E-state index in [1.54, 1.807) is 13.3 Å². The minimum absolute atomic E-state index is 0.586. The van der Waals surface area contributed by atoms with Crippen molar-refractivity contribution < 1.29 is 4.74 Å². The lowest BCUT2D eigenvalue weighted by Crippen LogP contribution is -2.31. The Morgan fingerprint density at radius 1 is 1.23 bits per heavy atom. The molecule has 0 aliphatic carbocycles. The van der Waals surface area contributed by atoms with Crippen LogP contribution in [0, 0.1) is 0 Å². The van der Waals surface area contributed by atoms with Gasteiger partial charge in [0.05, 0.1) is 12.3 Å². The number of rotatable bonds is 6. The highest BCUT2D eigenvalue weighted by Gasteiger charge is 1.97. The van der Waals surface area contributed by atoms with Crippen LogP contribution in [0.25, 0.3) is 12.2 Å². The van der Waals surface area contributed by atoms with Crippen molar-refractivity contribution in [3.63, 3.8) is 0 Å². The predicted molar refractivity (Wildman–Crippen MR) is 95.7 cm³/mol. The normalized spacial score (nSPS) is 10.6. The summed E-state index contributed by atoms with van der Waals surface area (Å²) in [7, 11) is 1.66. The quantitative estimate of drug-likeness (QED) is 0.633. The van der Waals surface area contributed by atoms with E-state index in [2.05, 4.69) is 15.6 Å². The van der Waals surface area contributed by atoms with Gasteiger partial charge in [0.15, 0.2) is 5.11 Å². The number of methoxy groups -OCH3 is 1. The molecule has 0 spiro atoms. The Balaban J connectivity index is 1.95. The van der Waals surface area contributed by atoms with Crippen LogP contribution in [0.3, 0.4) is 0 Å². The highest BCUT2D eigenvalue weighted by Crippen LogP contribution is 2.13. The number of pyridine rings is 1. The van der Waals surface area contributed by atoms with Crippen LogP contribution in [0.2, 0.25) is 0 Å². The van der Waals surface area contributed by atoms with Crippen molar-refractivity contribution in [2.75, 3.05) is 25.6 Å². The highest BCUT2D eigenvalue weighted by molar-refractivity contribution is 7.80. The van der Waals surface area contributed by atoms with Gasteiger partial charge in [0.1, 0.15) is 0 Å². The molecule has 0 bridgehead atoms. The molecule has 4 nitrogen and oxygen atoms in total. The van der Waals surface area contributed by atoms with Gasteiger partial charge in [-0.1, -0.05) is 24.3 Å². The molecule has 22 heavy (non-hydrogen) atoms. The zero-order valence-electron chi connectivity index (χ0n) is 12.5. The number of hydrogen-bond acceptors (Lipinski definition) is 3. The molecule has 0 radical (unpaired) electrons. The van der Waals surface area contributed by atoms with E-state index in [9.17, 15) is 0 Å². The zero-order valence-corrected chi connectivity index (χ0v) is 13.3. The third-order valence-electron chi connectivity index (χ3n) is 2.87. The fourth-order valence-electron chi connectivity index (χ4n) is 1.82. The SMILES string of the molecule is COCCNC(=S)Nc1cccc(/C=C/c2ccccn2)c1. The van der Waals surface area contributed by atoms with Crippen LogP contribution in [0.1, 0.15) is 11.3 Å². The monoisotopic (exact) mass is 313 g/mol. The van der Waals surface area contributed by atoms with Crippen molar-refractivity contribution >= 4 is 35.2 Å². The fourth-order valence-corrected chi connectivity index (χ4v) is 2.04. The van der Waals surface area contributed by atoms with Gasteiger partial charge < -0.3 is 15.4 Å². The molecule has 1 aromatic heterocycles. The Morgan fingerprint density at radius 2 is 2.14 bits per heavy atom. The summed E-state index contributed by atoms with van der Waals surface area (Å²) < 4.78 is 4.97. The van der Waals surface area contributed by atoms with Crippen LogP contribution in [-0.2, 0) is 4.74 Å². The molecule has 5 heteroatoms. The largest absolute Gasteiger partial charge is 0.383 e. The number of aromatic nitrogens is 1. The molecule has 114 valence electrons. The standard InChI is InChI=1S/C17H19N3OS/c1-21-12-11-19-17(22)20-16-7-4-5-14(13-16)8-9-15-6-2-3-10-18-15/h2-10,13H,11-12H2,1H3,(H2,19,20,22)/b9-8+. The molecular weight excluding hydrogens is 294 g/mol. The van der Waals surface area contributed by atoms with Gasteiger partial charge in [-0.2, -0.15) is 0 Å². The maximum absolute atomic E-state index is 5.23. The highest BCUT2D eigenvalue weighted by atomic mass is 32.1. The first-order valence-electron chi connectivity index (χ1n) is 7.01. The van der Waals surface area contributed by atoms with E-state index in [-0.39, 0.29) is 0 Å². The summed E-state index contributed by atoms with van der Waals surface area (Å²) in [5.74, 6) is 0. The molecule has 0 saturated carbocycles. The van der Waals surface area contributed by atoms with Gasteiger partial charge in [-0.15, -0.1) is 0 Å². The average Bonchev–Trinajstić information content (AvgIpc) is 2.54. The molecule has 0 aliphatic heterocycles. The lowest BCUT2D eigenvalue weighted by atomic mass is 10.1. The first-order valence-corrected chi connectivity index (χ1v) is 7.42. The second kappa shape index (κ2) is 8.92. The Kier molecular flexibility index (Phi) is 6.54. The van der Waals surface area contributed by atoms with Gasteiger partial charge >= 0.3 is 0 Å². The molecule has 0 unspecified atom stereocenters. The first kappa shape index (κ1) is 16.1. The molecular formula is C17H19N3OS. The van der Waals surface area contributed by atoms with Crippen LogP contribution in [0.15, 0.2) is 48.7 Å². The molecule has 0 aliphatic rings. The maximum atomic E-state index is 5.23. The number of thiocarbonyl (C=S) groups is 1. The van der Waals surface area contributed by atoms with Crippen molar-refractivity contribution in [3.05, 3.63) is 59.9 Å². The molecule has 1 heterocycles. The molecule has 2 N–H and O–H groups in total. The van der Waals surface area contributed by atoms with Gasteiger partial charge in [-0.3, -0.25) is 4.98 Å². The second-order valence-electron chi connectivity index (χ2n) is 4.59. The van der Waals surface area contributed by atoms with Gasteiger partial charge in [0.2, 0.25) is 0 Å². The summed E-state index contributed by atoms with van der Waals surface area (Å²) in [6.07, 6.45) is 5.78. The Morgan fingerprint density at radius 3 is 2.91 bits per heavy atom. The summed E-state index contributed by atoms with van der Waals surface area (Å²) in [6, 6.07) is 13.9. The lowest BCUT2D eigenvalue weighted by Gasteiger charge is -2.10. The van der Waals surface area contributed by atoms with Crippen molar-refractivity contribution in [2.45, 2.75) is 0 Å². The van der Waals surface area contributed by atoms with E-state index in [1.807, 2.05) is 54.6 Å². The summed E-state index contributed by atoms with van der Waals surface area (Å²) in [5, 5.41) is 6.82. The van der Waals surface area contributed by atoms with E-state index in [1.165, 1.54) is 0 Å². The van der Waals surface area contributed by atoms with Crippen LogP contribution in [0.4, 0.5) is 5.69 Å². The molecule has 2 rings (SSSR count). The predicted octanol–water partition coefficient (Wildman–Crippen LogP) is 3.18. The number of nitrogens with one attached hydrogen (secondary N) is 2. The maximum Gasteiger partial charge on any atom is 0.170 e. The minimum Gasteiger partial charge on any atom is -0.383 e. The van der Waals surface area contributed by atoms with Crippen LogP contribution in [-0.4, -0.2) is 30.4 Å². The van der Waals surface area contributed by atoms with Gasteiger partial charge in [-0.25, -0.2) is 0 Å².